The van der Waals surface area contributed by atoms with E-state index < -0.39 is 0 Å². The van der Waals surface area contributed by atoms with Crippen LogP contribution in [0.4, 0.5) is 10.1 Å². The quantitative estimate of drug-likeness (QED) is 0.750. The molecule has 1 saturated heterocycles. The van der Waals surface area contributed by atoms with Gasteiger partial charge in [-0.1, -0.05) is 30.3 Å². The Morgan fingerprint density at radius 2 is 1.66 bits per heavy atom. The Hall–Kier alpha value is -2.77. The first-order chi connectivity index (χ1) is 14.0. The summed E-state index contributed by atoms with van der Waals surface area (Å²) in [5.74, 6) is -0.449. The number of nitrogens with zero attached hydrogens (tertiary/aromatic N) is 2. The highest BCUT2D eigenvalue weighted by molar-refractivity contribution is 5.94. The van der Waals surface area contributed by atoms with Gasteiger partial charge < -0.3 is 10.6 Å². The van der Waals surface area contributed by atoms with E-state index in [-0.39, 0.29) is 23.7 Å². The van der Waals surface area contributed by atoms with Crippen LogP contribution < -0.4 is 10.6 Å². The second-order valence-corrected chi connectivity index (χ2v) is 7.25. The van der Waals surface area contributed by atoms with Crippen molar-refractivity contribution < 1.29 is 14.0 Å². The second kappa shape index (κ2) is 10.1. The Kier molecular flexibility index (Phi) is 7.32. The fourth-order valence-electron chi connectivity index (χ4n) is 3.31. The molecule has 7 heteroatoms. The third-order valence-electron chi connectivity index (χ3n) is 5.15. The summed E-state index contributed by atoms with van der Waals surface area (Å²) in [6.45, 7) is 5.63. The summed E-state index contributed by atoms with van der Waals surface area (Å²) < 4.78 is 13.0. The summed E-state index contributed by atoms with van der Waals surface area (Å²) in [5.41, 5.74) is 1.66. The average molecular weight is 398 g/mol. The third-order valence-corrected chi connectivity index (χ3v) is 5.15. The fourth-order valence-corrected chi connectivity index (χ4v) is 3.31. The van der Waals surface area contributed by atoms with E-state index >= 15 is 0 Å². The Morgan fingerprint density at radius 3 is 2.31 bits per heavy atom. The summed E-state index contributed by atoms with van der Waals surface area (Å²) in [5, 5.41) is 5.76. The van der Waals surface area contributed by atoms with Crippen molar-refractivity contribution in [1.29, 1.82) is 0 Å². The van der Waals surface area contributed by atoms with Crippen molar-refractivity contribution in [3.8, 4) is 0 Å². The summed E-state index contributed by atoms with van der Waals surface area (Å²) in [6, 6.07) is 15.3. The number of piperazine rings is 1. The molecule has 1 aliphatic rings. The van der Waals surface area contributed by atoms with Crippen molar-refractivity contribution >= 4 is 17.5 Å². The van der Waals surface area contributed by atoms with E-state index in [1.807, 2.05) is 37.3 Å². The van der Waals surface area contributed by atoms with E-state index in [1.54, 1.807) is 12.1 Å². The highest BCUT2D eigenvalue weighted by Gasteiger charge is 2.26. The van der Waals surface area contributed by atoms with E-state index in [0.29, 0.717) is 31.9 Å². The maximum atomic E-state index is 13.0. The molecule has 3 rings (SSSR count). The summed E-state index contributed by atoms with van der Waals surface area (Å²) in [6.07, 6.45) is 0. The van der Waals surface area contributed by atoms with Crippen LogP contribution in [0.25, 0.3) is 0 Å². The molecule has 6 nitrogen and oxygen atoms in total. The lowest BCUT2D eigenvalue weighted by Crippen LogP contribution is -2.54. The molecule has 2 amide bonds. The van der Waals surface area contributed by atoms with Gasteiger partial charge in [-0.2, -0.15) is 0 Å². The number of hydrogen-bond acceptors (Lipinski definition) is 4. The van der Waals surface area contributed by atoms with Crippen molar-refractivity contribution in [3.63, 3.8) is 0 Å². The Labute approximate surface area is 170 Å². The molecule has 0 aliphatic carbocycles. The van der Waals surface area contributed by atoms with E-state index in [1.165, 1.54) is 12.1 Å². The van der Waals surface area contributed by atoms with Crippen LogP contribution in [-0.2, 0) is 16.1 Å². The Balaban J connectivity index is 1.39. The molecule has 1 heterocycles. The van der Waals surface area contributed by atoms with Gasteiger partial charge in [0.1, 0.15) is 5.82 Å². The minimum Gasteiger partial charge on any atom is -0.351 e. The molecular formula is C22H27FN4O2. The van der Waals surface area contributed by atoms with Crippen LogP contribution in [-0.4, -0.2) is 60.4 Å². The van der Waals surface area contributed by atoms with Gasteiger partial charge in [0.05, 0.1) is 12.6 Å². The van der Waals surface area contributed by atoms with Gasteiger partial charge in [0.15, 0.2) is 0 Å². The van der Waals surface area contributed by atoms with Gasteiger partial charge in [-0.15, -0.1) is 0 Å². The normalized spacial score (nSPS) is 16.2. The minimum atomic E-state index is -0.333. The predicted molar refractivity (Wildman–Crippen MR) is 111 cm³/mol. The van der Waals surface area contributed by atoms with Crippen LogP contribution in [0.1, 0.15) is 12.5 Å². The van der Waals surface area contributed by atoms with Gasteiger partial charge in [-0.25, -0.2) is 4.39 Å². The smallest absolute Gasteiger partial charge is 0.241 e. The number of halogens is 1. The number of carbonyl (C=O) groups is 2. The molecule has 2 N–H and O–H groups in total. The van der Waals surface area contributed by atoms with Gasteiger partial charge in [0, 0.05) is 38.4 Å². The summed E-state index contributed by atoms with van der Waals surface area (Å²) >= 11 is 0. The molecule has 1 aliphatic heterocycles. The minimum absolute atomic E-state index is 0.00408. The lowest BCUT2D eigenvalue weighted by atomic mass is 10.2. The van der Waals surface area contributed by atoms with Crippen LogP contribution in [0.2, 0.25) is 0 Å². The first kappa shape index (κ1) is 21.0. The molecule has 0 spiro atoms. The first-order valence-corrected chi connectivity index (χ1v) is 9.85. The summed E-state index contributed by atoms with van der Waals surface area (Å²) in [7, 11) is 0. The summed E-state index contributed by atoms with van der Waals surface area (Å²) in [4.78, 5) is 28.8. The highest BCUT2D eigenvalue weighted by Crippen LogP contribution is 2.12. The Morgan fingerprint density at radius 1 is 1.00 bits per heavy atom. The lowest BCUT2D eigenvalue weighted by Gasteiger charge is -2.37. The van der Waals surface area contributed by atoms with Gasteiger partial charge in [-0.3, -0.25) is 19.4 Å². The van der Waals surface area contributed by atoms with Crippen molar-refractivity contribution in [2.45, 2.75) is 19.5 Å². The van der Waals surface area contributed by atoms with Crippen LogP contribution in [0.15, 0.2) is 54.6 Å². The molecule has 29 heavy (non-hydrogen) atoms. The van der Waals surface area contributed by atoms with Crippen LogP contribution in [0.5, 0.6) is 0 Å². The van der Waals surface area contributed by atoms with E-state index in [0.717, 1.165) is 18.7 Å². The predicted octanol–water partition coefficient (Wildman–Crippen LogP) is 2.09. The van der Waals surface area contributed by atoms with Crippen LogP contribution in [0.3, 0.4) is 0 Å². The zero-order valence-corrected chi connectivity index (χ0v) is 16.6. The zero-order valence-electron chi connectivity index (χ0n) is 16.6. The monoisotopic (exact) mass is 398 g/mol. The number of rotatable bonds is 7. The first-order valence-electron chi connectivity index (χ1n) is 9.85. The number of carbonyl (C=O) groups excluding carboxylic acids is 2. The topological polar surface area (TPSA) is 64.7 Å². The number of benzene rings is 2. The maximum absolute atomic E-state index is 13.0. The van der Waals surface area contributed by atoms with E-state index in [9.17, 15) is 14.0 Å². The van der Waals surface area contributed by atoms with Gasteiger partial charge in [0.2, 0.25) is 11.8 Å². The van der Waals surface area contributed by atoms with Crippen molar-refractivity contribution in [3.05, 3.63) is 66.0 Å². The lowest BCUT2D eigenvalue weighted by molar-refractivity contribution is -0.124. The number of hydrogen-bond donors (Lipinski definition) is 2. The second-order valence-electron chi connectivity index (χ2n) is 7.25. The van der Waals surface area contributed by atoms with Crippen molar-refractivity contribution in [1.82, 2.24) is 15.1 Å². The average Bonchev–Trinajstić information content (AvgIpc) is 2.74. The standard InChI is InChI=1S/C22H27FN4O2/c1-17(22(29)25-20-9-7-19(23)8-10-20)27-13-11-26(12-14-27)16-21(28)24-15-18-5-3-2-4-6-18/h2-10,17H,11-16H2,1H3,(H,24,28)(H,25,29). The SMILES string of the molecule is CC(C(=O)Nc1ccc(F)cc1)N1CCN(CC(=O)NCc2ccccc2)CC1. The molecule has 0 bridgehead atoms. The zero-order chi connectivity index (χ0) is 20.6. The maximum Gasteiger partial charge on any atom is 0.241 e. The number of amides is 2. The van der Waals surface area contributed by atoms with Gasteiger partial charge >= 0.3 is 0 Å². The van der Waals surface area contributed by atoms with Crippen LogP contribution >= 0.6 is 0 Å². The molecular weight excluding hydrogens is 371 g/mol. The van der Waals surface area contributed by atoms with Crippen molar-refractivity contribution in [2.24, 2.45) is 0 Å². The van der Waals surface area contributed by atoms with E-state index in [4.69, 9.17) is 0 Å². The molecule has 1 atom stereocenters. The van der Waals surface area contributed by atoms with Gasteiger partial charge in [0.25, 0.3) is 0 Å². The third kappa shape index (κ3) is 6.37. The molecule has 2 aromatic rings. The number of anilines is 1. The highest BCUT2D eigenvalue weighted by atomic mass is 19.1. The largest absolute Gasteiger partial charge is 0.351 e. The van der Waals surface area contributed by atoms with Crippen LogP contribution in [0, 0.1) is 5.82 Å². The van der Waals surface area contributed by atoms with E-state index in [2.05, 4.69) is 20.4 Å². The molecule has 2 aromatic carbocycles. The Bertz CT molecular complexity index is 805. The molecule has 1 unspecified atom stereocenters. The fraction of sp³-hybridized carbons (Fsp3) is 0.364. The molecule has 0 saturated carbocycles. The van der Waals surface area contributed by atoms with Crippen molar-refractivity contribution in [2.75, 3.05) is 38.0 Å². The van der Waals surface area contributed by atoms with Gasteiger partial charge in [-0.05, 0) is 36.8 Å². The molecule has 0 aromatic heterocycles. The molecule has 1 fully saturated rings. The molecule has 154 valence electrons. The number of nitrogens with one attached hydrogen (secondary N) is 2. The molecule has 0 radical (unpaired) electrons.